The van der Waals surface area contributed by atoms with E-state index in [1.165, 1.54) is 17.8 Å². The number of thiophene rings is 1. The number of carbonyl (C=O) groups excluding carboxylic acids is 1. The average Bonchev–Trinajstić information content (AvgIpc) is 2.75. The third-order valence-corrected chi connectivity index (χ3v) is 4.80. The fourth-order valence-corrected chi connectivity index (χ4v) is 3.96. The highest BCUT2D eigenvalue weighted by molar-refractivity contribution is 7.21. The molecule has 5 nitrogen and oxygen atoms in total. The van der Waals surface area contributed by atoms with E-state index >= 15 is 0 Å². The van der Waals surface area contributed by atoms with Gasteiger partial charge < -0.3 is 10.6 Å². The van der Waals surface area contributed by atoms with Crippen LogP contribution in [0.15, 0.2) is 12.4 Å². The van der Waals surface area contributed by atoms with Crippen molar-refractivity contribution in [2.24, 2.45) is 11.8 Å². The second-order valence-corrected chi connectivity index (χ2v) is 6.71. The van der Waals surface area contributed by atoms with Crippen molar-refractivity contribution in [2.45, 2.75) is 20.3 Å². The van der Waals surface area contributed by atoms with E-state index in [1.807, 2.05) is 4.90 Å². The summed E-state index contributed by atoms with van der Waals surface area (Å²) in [4.78, 5) is 24.3. The highest BCUT2D eigenvalue weighted by Crippen LogP contribution is 2.32. The number of anilines is 1. The Labute approximate surface area is 121 Å². The number of hydrogen-bond donors (Lipinski definition) is 1. The normalized spacial score (nSPS) is 23.2. The fraction of sp³-hybridized carbons (Fsp3) is 0.500. The summed E-state index contributed by atoms with van der Waals surface area (Å²) in [6.07, 6.45) is 4.40. The summed E-state index contributed by atoms with van der Waals surface area (Å²) in [5.41, 5.74) is 7.18. The van der Waals surface area contributed by atoms with Gasteiger partial charge in [0.25, 0.3) is 5.91 Å². The Bertz CT molecular complexity index is 644. The Hall–Kier alpha value is -1.69. The van der Waals surface area contributed by atoms with Gasteiger partial charge in [-0.1, -0.05) is 13.8 Å². The van der Waals surface area contributed by atoms with E-state index in [4.69, 9.17) is 5.73 Å². The molecule has 6 heteroatoms. The van der Waals surface area contributed by atoms with Crippen molar-refractivity contribution >= 4 is 33.3 Å². The van der Waals surface area contributed by atoms with Gasteiger partial charge in [0.05, 0.1) is 5.69 Å². The number of nitrogen functional groups attached to an aromatic ring is 1. The van der Waals surface area contributed by atoms with Gasteiger partial charge in [0, 0.05) is 25.5 Å². The highest BCUT2D eigenvalue weighted by Gasteiger charge is 2.29. The second-order valence-electron chi connectivity index (χ2n) is 5.71. The van der Waals surface area contributed by atoms with Gasteiger partial charge in [-0.3, -0.25) is 4.79 Å². The van der Waals surface area contributed by atoms with Crippen LogP contribution in [0.4, 0.5) is 5.69 Å². The molecule has 106 valence electrons. The van der Waals surface area contributed by atoms with Gasteiger partial charge in [-0.2, -0.15) is 0 Å². The van der Waals surface area contributed by atoms with Crippen molar-refractivity contribution in [1.82, 2.24) is 14.9 Å². The molecule has 0 aromatic carbocycles. The summed E-state index contributed by atoms with van der Waals surface area (Å²) in [5.74, 6) is 1.09. The van der Waals surface area contributed by atoms with Crippen LogP contribution < -0.4 is 5.73 Å². The Morgan fingerprint density at radius 1 is 1.30 bits per heavy atom. The van der Waals surface area contributed by atoms with Crippen LogP contribution in [-0.4, -0.2) is 33.9 Å². The van der Waals surface area contributed by atoms with E-state index in [2.05, 4.69) is 23.8 Å². The summed E-state index contributed by atoms with van der Waals surface area (Å²) < 4.78 is 0. The lowest BCUT2D eigenvalue weighted by atomic mass is 9.92. The number of aromatic nitrogens is 2. The molecule has 2 N–H and O–H groups in total. The number of rotatable bonds is 1. The molecule has 1 fully saturated rings. The van der Waals surface area contributed by atoms with Crippen LogP contribution in [0, 0.1) is 11.8 Å². The van der Waals surface area contributed by atoms with Gasteiger partial charge >= 0.3 is 0 Å². The predicted molar refractivity (Wildman–Crippen MR) is 80.7 cm³/mol. The monoisotopic (exact) mass is 290 g/mol. The molecule has 2 aromatic heterocycles. The quantitative estimate of drug-likeness (QED) is 0.875. The van der Waals surface area contributed by atoms with Crippen molar-refractivity contribution in [3.8, 4) is 0 Å². The Kier molecular flexibility index (Phi) is 3.33. The zero-order valence-electron chi connectivity index (χ0n) is 11.7. The lowest BCUT2D eigenvalue weighted by Gasteiger charge is -2.34. The molecule has 20 heavy (non-hydrogen) atoms. The van der Waals surface area contributed by atoms with Crippen molar-refractivity contribution in [1.29, 1.82) is 0 Å². The first-order valence-electron chi connectivity index (χ1n) is 6.84. The van der Waals surface area contributed by atoms with E-state index < -0.39 is 0 Å². The van der Waals surface area contributed by atoms with Crippen LogP contribution in [0.1, 0.15) is 29.9 Å². The first-order chi connectivity index (χ1) is 9.56. The third kappa shape index (κ3) is 2.24. The number of nitrogens with two attached hydrogens (primary N) is 1. The number of amides is 1. The summed E-state index contributed by atoms with van der Waals surface area (Å²) in [6, 6.07) is 0. The fourth-order valence-electron chi connectivity index (χ4n) is 2.98. The van der Waals surface area contributed by atoms with Crippen LogP contribution in [0.2, 0.25) is 0 Å². The topological polar surface area (TPSA) is 72.1 Å². The molecule has 1 aliphatic heterocycles. The molecule has 1 amide bonds. The molecule has 1 aliphatic rings. The molecule has 0 spiro atoms. The second kappa shape index (κ2) is 5.01. The van der Waals surface area contributed by atoms with Crippen LogP contribution >= 0.6 is 11.3 Å². The van der Waals surface area contributed by atoms with E-state index in [0.29, 0.717) is 27.9 Å². The average molecular weight is 290 g/mol. The molecule has 0 aliphatic carbocycles. The molecule has 3 rings (SSSR count). The Morgan fingerprint density at radius 2 is 1.95 bits per heavy atom. The zero-order chi connectivity index (χ0) is 14.3. The largest absolute Gasteiger partial charge is 0.396 e. The number of nitrogens with zero attached hydrogens (tertiary/aromatic N) is 3. The van der Waals surface area contributed by atoms with Crippen molar-refractivity contribution < 1.29 is 4.79 Å². The van der Waals surface area contributed by atoms with Crippen LogP contribution in [0.3, 0.4) is 0 Å². The minimum absolute atomic E-state index is 0.0192. The van der Waals surface area contributed by atoms with E-state index in [-0.39, 0.29) is 5.91 Å². The van der Waals surface area contributed by atoms with E-state index in [1.54, 1.807) is 12.4 Å². The molecular formula is C14H18N4OS. The standard InChI is InChI=1S/C14H18N4OS/c1-8-5-9(2)7-18(6-8)14(19)12-10(15)11-13(20-12)17-4-3-16-11/h3-4,8-9H,5-7,15H2,1-2H3. The van der Waals surface area contributed by atoms with E-state index in [9.17, 15) is 4.79 Å². The molecule has 2 aromatic rings. The Morgan fingerprint density at radius 3 is 2.60 bits per heavy atom. The maximum Gasteiger partial charge on any atom is 0.266 e. The first-order valence-corrected chi connectivity index (χ1v) is 7.66. The number of piperidine rings is 1. The molecule has 2 atom stereocenters. The SMILES string of the molecule is CC1CC(C)CN(C(=O)c2sc3nccnc3c2N)C1. The minimum atomic E-state index is 0.0192. The highest BCUT2D eigenvalue weighted by atomic mass is 32.1. The van der Waals surface area contributed by atoms with Crippen LogP contribution in [-0.2, 0) is 0 Å². The van der Waals surface area contributed by atoms with Gasteiger partial charge in [-0.15, -0.1) is 11.3 Å². The lowest BCUT2D eigenvalue weighted by Crippen LogP contribution is -2.42. The smallest absolute Gasteiger partial charge is 0.266 e. The number of likely N-dealkylation sites (tertiary alicyclic amines) is 1. The Balaban J connectivity index is 1.94. The molecule has 0 saturated carbocycles. The molecule has 1 saturated heterocycles. The molecule has 0 bridgehead atoms. The first kappa shape index (κ1) is 13.3. The van der Waals surface area contributed by atoms with E-state index in [0.717, 1.165) is 17.9 Å². The zero-order valence-corrected chi connectivity index (χ0v) is 12.5. The van der Waals surface area contributed by atoms with Crippen molar-refractivity contribution in [3.63, 3.8) is 0 Å². The van der Waals surface area contributed by atoms with Gasteiger partial charge in [0.2, 0.25) is 0 Å². The van der Waals surface area contributed by atoms with Gasteiger partial charge in [-0.05, 0) is 18.3 Å². The maximum atomic E-state index is 12.7. The lowest BCUT2D eigenvalue weighted by molar-refractivity contribution is 0.0629. The number of carbonyl (C=O) groups is 1. The maximum absolute atomic E-state index is 12.7. The van der Waals surface area contributed by atoms with Crippen molar-refractivity contribution in [2.75, 3.05) is 18.8 Å². The van der Waals surface area contributed by atoms with Gasteiger partial charge in [0.15, 0.2) is 0 Å². The number of fused-ring (bicyclic) bond motifs is 1. The predicted octanol–water partition coefficient (Wildman–Crippen LogP) is 2.39. The molecule has 0 radical (unpaired) electrons. The minimum Gasteiger partial charge on any atom is -0.396 e. The molecule has 2 unspecified atom stereocenters. The number of hydrogen-bond acceptors (Lipinski definition) is 5. The van der Waals surface area contributed by atoms with Gasteiger partial charge in [0.1, 0.15) is 15.2 Å². The van der Waals surface area contributed by atoms with Crippen LogP contribution in [0.5, 0.6) is 0 Å². The van der Waals surface area contributed by atoms with Crippen LogP contribution in [0.25, 0.3) is 10.3 Å². The summed E-state index contributed by atoms with van der Waals surface area (Å²) in [7, 11) is 0. The third-order valence-electron chi connectivity index (χ3n) is 3.71. The molecular weight excluding hydrogens is 272 g/mol. The van der Waals surface area contributed by atoms with Crippen molar-refractivity contribution in [3.05, 3.63) is 17.3 Å². The summed E-state index contributed by atoms with van der Waals surface area (Å²) >= 11 is 1.34. The van der Waals surface area contributed by atoms with Gasteiger partial charge in [-0.25, -0.2) is 9.97 Å². The summed E-state index contributed by atoms with van der Waals surface area (Å²) in [6.45, 7) is 5.98. The molecule has 3 heterocycles. The summed E-state index contributed by atoms with van der Waals surface area (Å²) in [5, 5.41) is 0.